The highest BCUT2D eigenvalue weighted by Gasteiger charge is 2.23. The van der Waals surface area contributed by atoms with Crippen LogP contribution in [0.25, 0.3) is 5.65 Å². The minimum absolute atomic E-state index is 0.00660. The first-order valence-corrected chi connectivity index (χ1v) is 7.30. The van der Waals surface area contributed by atoms with Gasteiger partial charge in [0, 0.05) is 12.4 Å². The summed E-state index contributed by atoms with van der Waals surface area (Å²) in [6, 6.07) is 1.61. The van der Waals surface area contributed by atoms with Crippen LogP contribution in [0.2, 0.25) is 0 Å². The Morgan fingerprint density at radius 2 is 2.26 bits per heavy atom. The SMILES string of the molecule is CCOC(=O)c1c(NS(C)(=O)=O)nn2cccnc12. The largest absolute Gasteiger partial charge is 0.462 e. The summed E-state index contributed by atoms with van der Waals surface area (Å²) >= 11 is 0. The minimum atomic E-state index is -3.56. The van der Waals surface area contributed by atoms with Gasteiger partial charge in [-0.3, -0.25) is 4.72 Å². The Bertz CT molecular complexity index is 722. The van der Waals surface area contributed by atoms with E-state index in [2.05, 4.69) is 14.8 Å². The van der Waals surface area contributed by atoms with Gasteiger partial charge in [-0.25, -0.2) is 22.7 Å². The zero-order valence-electron chi connectivity index (χ0n) is 10.3. The van der Waals surface area contributed by atoms with E-state index in [-0.39, 0.29) is 23.6 Å². The number of ether oxygens (including phenoxy) is 1. The molecule has 0 aliphatic rings. The van der Waals surface area contributed by atoms with Crippen molar-refractivity contribution in [3.63, 3.8) is 0 Å². The number of anilines is 1. The number of sulfonamides is 1. The number of nitrogens with one attached hydrogen (secondary N) is 1. The van der Waals surface area contributed by atoms with Gasteiger partial charge in [-0.1, -0.05) is 0 Å². The smallest absolute Gasteiger partial charge is 0.345 e. The molecule has 0 atom stereocenters. The fourth-order valence-corrected chi connectivity index (χ4v) is 2.02. The standard InChI is InChI=1S/C10H12N4O4S/c1-3-18-10(15)7-8(13-19(2,16)17)12-14-6-4-5-11-9(7)14/h4-6H,3H2,1-2H3,(H,12,13). The van der Waals surface area contributed by atoms with Crippen molar-refractivity contribution in [2.75, 3.05) is 17.6 Å². The maximum absolute atomic E-state index is 11.9. The van der Waals surface area contributed by atoms with E-state index >= 15 is 0 Å². The summed E-state index contributed by atoms with van der Waals surface area (Å²) in [4.78, 5) is 15.9. The van der Waals surface area contributed by atoms with Crippen LogP contribution in [0.15, 0.2) is 18.5 Å². The molecule has 0 amide bonds. The first kappa shape index (κ1) is 13.3. The van der Waals surface area contributed by atoms with E-state index in [1.54, 1.807) is 19.2 Å². The molecule has 0 aromatic carbocycles. The molecule has 0 saturated heterocycles. The molecule has 0 spiro atoms. The molecule has 2 aromatic heterocycles. The molecule has 0 bridgehead atoms. The van der Waals surface area contributed by atoms with Gasteiger partial charge in [-0.15, -0.1) is 5.10 Å². The van der Waals surface area contributed by atoms with Gasteiger partial charge in [0.15, 0.2) is 11.5 Å². The monoisotopic (exact) mass is 284 g/mol. The van der Waals surface area contributed by atoms with Crippen LogP contribution in [0.3, 0.4) is 0 Å². The van der Waals surface area contributed by atoms with Crippen LogP contribution < -0.4 is 4.72 Å². The maximum atomic E-state index is 11.9. The van der Waals surface area contributed by atoms with Crippen molar-refractivity contribution in [1.82, 2.24) is 14.6 Å². The van der Waals surface area contributed by atoms with E-state index < -0.39 is 16.0 Å². The fraction of sp³-hybridized carbons (Fsp3) is 0.300. The highest BCUT2D eigenvalue weighted by atomic mass is 32.2. The normalized spacial score (nSPS) is 11.5. The van der Waals surface area contributed by atoms with E-state index in [9.17, 15) is 13.2 Å². The fourth-order valence-electron chi connectivity index (χ4n) is 1.53. The van der Waals surface area contributed by atoms with E-state index in [4.69, 9.17) is 4.74 Å². The number of hydrogen-bond donors (Lipinski definition) is 1. The molecule has 0 aliphatic heterocycles. The number of nitrogens with zero attached hydrogens (tertiary/aromatic N) is 3. The number of esters is 1. The summed E-state index contributed by atoms with van der Waals surface area (Å²) < 4.78 is 30.9. The number of aromatic nitrogens is 3. The first-order chi connectivity index (χ1) is 8.92. The van der Waals surface area contributed by atoms with Crippen LogP contribution in [-0.4, -0.2) is 41.8 Å². The highest BCUT2D eigenvalue weighted by molar-refractivity contribution is 7.92. The molecule has 2 aromatic rings. The highest BCUT2D eigenvalue weighted by Crippen LogP contribution is 2.20. The van der Waals surface area contributed by atoms with Crippen molar-refractivity contribution in [3.05, 3.63) is 24.0 Å². The van der Waals surface area contributed by atoms with Crippen LogP contribution >= 0.6 is 0 Å². The van der Waals surface area contributed by atoms with Crippen LogP contribution in [0, 0.1) is 0 Å². The van der Waals surface area contributed by atoms with Crippen LogP contribution in [0.5, 0.6) is 0 Å². The molecule has 0 fully saturated rings. The number of carbonyl (C=O) groups is 1. The van der Waals surface area contributed by atoms with E-state index in [0.717, 1.165) is 6.26 Å². The van der Waals surface area contributed by atoms with Gasteiger partial charge in [0.2, 0.25) is 10.0 Å². The Morgan fingerprint density at radius 1 is 1.53 bits per heavy atom. The Hall–Kier alpha value is -2.16. The van der Waals surface area contributed by atoms with Crippen LogP contribution in [-0.2, 0) is 14.8 Å². The summed E-state index contributed by atoms with van der Waals surface area (Å²) in [5.41, 5.74) is 0.222. The van der Waals surface area contributed by atoms with Crippen molar-refractivity contribution < 1.29 is 17.9 Å². The van der Waals surface area contributed by atoms with Gasteiger partial charge in [-0.2, -0.15) is 0 Å². The molecule has 9 heteroatoms. The number of carbonyl (C=O) groups excluding carboxylic acids is 1. The molecule has 2 rings (SSSR count). The lowest BCUT2D eigenvalue weighted by Gasteiger charge is -2.03. The quantitative estimate of drug-likeness (QED) is 0.809. The average Bonchev–Trinajstić information content (AvgIpc) is 2.64. The molecule has 8 nitrogen and oxygen atoms in total. The molecule has 1 N–H and O–H groups in total. The zero-order valence-corrected chi connectivity index (χ0v) is 11.1. The number of rotatable bonds is 4. The van der Waals surface area contributed by atoms with E-state index in [1.807, 2.05) is 0 Å². The van der Waals surface area contributed by atoms with Crippen LogP contribution in [0.4, 0.5) is 5.82 Å². The molecule has 19 heavy (non-hydrogen) atoms. The van der Waals surface area contributed by atoms with Gasteiger partial charge in [0.1, 0.15) is 5.56 Å². The summed E-state index contributed by atoms with van der Waals surface area (Å²) in [5, 5.41) is 3.96. The number of fused-ring (bicyclic) bond motifs is 1. The molecular formula is C10H12N4O4S. The lowest BCUT2D eigenvalue weighted by atomic mass is 10.3. The van der Waals surface area contributed by atoms with Gasteiger partial charge in [0.25, 0.3) is 0 Å². The second-order valence-electron chi connectivity index (χ2n) is 3.71. The Kier molecular flexibility index (Phi) is 3.38. The third-order valence-electron chi connectivity index (χ3n) is 2.16. The number of hydrogen-bond acceptors (Lipinski definition) is 6. The lowest BCUT2D eigenvalue weighted by molar-refractivity contribution is 0.0529. The first-order valence-electron chi connectivity index (χ1n) is 5.40. The molecule has 0 saturated carbocycles. The van der Waals surface area contributed by atoms with Crippen molar-refractivity contribution in [3.8, 4) is 0 Å². The van der Waals surface area contributed by atoms with Crippen molar-refractivity contribution in [2.45, 2.75) is 6.92 Å². The summed E-state index contributed by atoms with van der Waals surface area (Å²) in [6.07, 6.45) is 4.00. The van der Waals surface area contributed by atoms with E-state index in [0.29, 0.717) is 0 Å². The third kappa shape index (κ3) is 2.81. The lowest BCUT2D eigenvalue weighted by Crippen LogP contribution is -2.14. The molecule has 0 radical (unpaired) electrons. The Balaban J connectivity index is 2.61. The average molecular weight is 284 g/mol. The topological polar surface area (TPSA) is 103 Å². The Morgan fingerprint density at radius 3 is 2.89 bits per heavy atom. The van der Waals surface area contributed by atoms with Gasteiger partial charge >= 0.3 is 5.97 Å². The summed E-state index contributed by atoms with van der Waals surface area (Å²) in [5.74, 6) is -0.776. The molecule has 0 unspecified atom stereocenters. The molecule has 2 heterocycles. The van der Waals surface area contributed by atoms with Crippen LogP contribution in [0.1, 0.15) is 17.3 Å². The molecule has 0 aliphatic carbocycles. The predicted molar refractivity (Wildman–Crippen MR) is 67.4 cm³/mol. The second kappa shape index (κ2) is 4.84. The van der Waals surface area contributed by atoms with Gasteiger partial charge in [-0.05, 0) is 13.0 Å². The maximum Gasteiger partial charge on any atom is 0.345 e. The molecule has 102 valence electrons. The predicted octanol–water partition coefficient (Wildman–Crippen LogP) is 0.277. The van der Waals surface area contributed by atoms with Gasteiger partial charge < -0.3 is 4.74 Å². The zero-order chi connectivity index (χ0) is 14.0. The summed E-state index contributed by atoms with van der Waals surface area (Å²) in [7, 11) is -3.56. The second-order valence-corrected chi connectivity index (χ2v) is 5.45. The third-order valence-corrected chi connectivity index (χ3v) is 2.72. The van der Waals surface area contributed by atoms with Crippen molar-refractivity contribution in [2.24, 2.45) is 0 Å². The van der Waals surface area contributed by atoms with E-state index in [1.165, 1.54) is 10.7 Å². The summed E-state index contributed by atoms with van der Waals surface area (Å²) in [6.45, 7) is 1.82. The van der Waals surface area contributed by atoms with Crippen molar-refractivity contribution >= 4 is 27.5 Å². The minimum Gasteiger partial charge on any atom is -0.462 e. The van der Waals surface area contributed by atoms with Crippen molar-refractivity contribution in [1.29, 1.82) is 0 Å². The van der Waals surface area contributed by atoms with Gasteiger partial charge in [0.05, 0.1) is 12.9 Å². The Labute approximate surface area is 109 Å². The molecular weight excluding hydrogens is 272 g/mol.